The van der Waals surface area contributed by atoms with Gasteiger partial charge in [-0.15, -0.1) is 0 Å². The van der Waals surface area contributed by atoms with E-state index in [2.05, 4.69) is 0 Å². The molecule has 2 aliphatic carbocycles. The van der Waals surface area contributed by atoms with Crippen molar-refractivity contribution in [2.24, 2.45) is 11.8 Å². The Kier molecular flexibility index (Phi) is 0.758. The van der Waals surface area contributed by atoms with Crippen LogP contribution >= 0.6 is 0 Å². The van der Waals surface area contributed by atoms with Gasteiger partial charge in [0, 0.05) is 11.8 Å². The summed E-state index contributed by atoms with van der Waals surface area (Å²) in [6.45, 7) is 0. The van der Waals surface area contributed by atoms with Crippen LogP contribution in [0.1, 0.15) is 12.8 Å². The van der Waals surface area contributed by atoms with Gasteiger partial charge in [0.2, 0.25) is 0 Å². The van der Waals surface area contributed by atoms with E-state index in [1.54, 1.807) is 0 Å². The first-order valence-corrected chi connectivity index (χ1v) is 3.20. The summed E-state index contributed by atoms with van der Waals surface area (Å²) in [6, 6.07) is 0. The molecule has 1 fully saturated rings. The van der Waals surface area contributed by atoms with Crippen LogP contribution in [0, 0.1) is 11.8 Å². The molecule has 1 saturated carbocycles. The molecule has 0 aromatic rings. The number of fused-ring (bicyclic) bond motifs is 2. The molecule has 0 spiro atoms. The van der Waals surface area contributed by atoms with Gasteiger partial charge in [0.15, 0.2) is 0 Å². The highest BCUT2D eigenvalue weighted by Crippen LogP contribution is 2.40. The Labute approximate surface area is 48.4 Å². The molecule has 0 nitrogen and oxygen atoms in total. The minimum atomic E-state index is -0.519. The highest BCUT2D eigenvalue weighted by molar-refractivity contribution is 5.12. The maximum absolute atomic E-state index is 12.7. The van der Waals surface area contributed by atoms with E-state index in [1.165, 1.54) is 0 Å². The fourth-order valence-electron chi connectivity index (χ4n) is 1.71. The van der Waals surface area contributed by atoms with Crippen molar-refractivity contribution in [3.63, 3.8) is 0 Å². The van der Waals surface area contributed by atoms with Gasteiger partial charge < -0.3 is 0 Å². The van der Waals surface area contributed by atoms with Crippen LogP contribution < -0.4 is 0 Å². The van der Waals surface area contributed by atoms with E-state index in [-0.39, 0.29) is 0 Å². The quantitative estimate of drug-likeness (QED) is 0.420. The summed E-state index contributed by atoms with van der Waals surface area (Å²) in [5.41, 5.74) is 0. The maximum Gasteiger partial charge on any atom is 0.113 e. The van der Waals surface area contributed by atoms with Crippen LogP contribution in [-0.2, 0) is 0 Å². The number of allylic oxidation sites excluding steroid dienone is 2. The second kappa shape index (κ2) is 1.34. The molecule has 0 aromatic carbocycles. The highest BCUT2D eigenvalue weighted by atomic mass is 19.1. The molecule has 0 aliphatic heterocycles. The van der Waals surface area contributed by atoms with Gasteiger partial charge in [-0.2, -0.15) is 0 Å². The Balaban J connectivity index is 2.27. The van der Waals surface area contributed by atoms with Gasteiger partial charge in [-0.1, -0.05) is 12.2 Å². The van der Waals surface area contributed by atoms with E-state index >= 15 is 0 Å². The van der Waals surface area contributed by atoms with Gasteiger partial charge in [0.1, 0.15) is 6.17 Å². The van der Waals surface area contributed by atoms with Crippen molar-refractivity contribution < 1.29 is 4.39 Å². The van der Waals surface area contributed by atoms with E-state index < -0.39 is 6.17 Å². The molecule has 0 aromatic heterocycles. The van der Waals surface area contributed by atoms with Gasteiger partial charge in [-0.05, 0) is 12.8 Å². The van der Waals surface area contributed by atoms with E-state index in [1.807, 2.05) is 12.2 Å². The zero-order valence-corrected chi connectivity index (χ0v) is 4.68. The molecular formula is C7H9F. The lowest BCUT2D eigenvalue weighted by Crippen LogP contribution is -2.05. The molecule has 0 radical (unpaired) electrons. The van der Waals surface area contributed by atoms with Crippen molar-refractivity contribution in [3.05, 3.63) is 12.2 Å². The molecule has 1 unspecified atom stereocenters. The normalized spacial score (nSPS) is 50.9. The third-order valence-corrected chi connectivity index (χ3v) is 2.26. The van der Waals surface area contributed by atoms with Gasteiger partial charge in [0.25, 0.3) is 0 Å². The summed E-state index contributed by atoms with van der Waals surface area (Å²) < 4.78 is 12.7. The van der Waals surface area contributed by atoms with Crippen LogP contribution in [0.3, 0.4) is 0 Å². The molecule has 8 heavy (non-hydrogen) atoms. The summed E-state index contributed by atoms with van der Waals surface area (Å²) in [4.78, 5) is 0. The molecule has 44 valence electrons. The van der Waals surface area contributed by atoms with Crippen LogP contribution in [0.25, 0.3) is 0 Å². The van der Waals surface area contributed by atoms with Gasteiger partial charge >= 0.3 is 0 Å². The fourth-order valence-corrected chi connectivity index (χ4v) is 1.71. The van der Waals surface area contributed by atoms with Crippen LogP contribution in [0.15, 0.2) is 12.2 Å². The van der Waals surface area contributed by atoms with Crippen LogP contribution in [0.5, 0.6) is 0 Å². The third kappa shape index (κ3) is 0.396. The van der Waals surface area contributed by atoms with Crippen molar-refractivity contribution >= 4 is 0 Å². The lowest BCUT2D eigenvalue weighted by atomic mass is 10.1. The Morgan fingerprint density at radius 2 is 1.62 bits per heavy atom. The van der Waals surface area contributed by atoms with Crippen molar-refractivity contribution in [1.82, 2.24) is 0 Å². The summed E-state index contributed by atoms with van der Waals surface area (Å²) in [7, 11) is 0. The predicted molar refractivity (Wildman–Crippen MR) is 30.2 cm³/mol. The summed E-state index contributed by atoms with van der Waals surface area (Å²) >= 11 is 0. The van der Waals surface area contributed by atoms with Gasteiger partial charge in [-0.25, -0.2) is 4.39 Å². The Hall–Kier alpha value is -0.330. The number of hydrogen-bond acceptors (Lipinski definition) is 0. The third-order valence-electron chi connectivity index (χ3n) is 2.26. The minimum Gasteiger partial charge on any atom is -0.246 e. The predicted octanol–water partition coefficient (Wildman–Crippen LogP) is 1.92. The fraction of sp³-hybridized carbons (Fsp3) is 0.714. The molecule has 0 heterocycles. The zero-order valence-electron chi connectivity index (χ0n) is 4.68. The van der Waals surface area contributed by atoms with Crippen LogP contribution in [0.4, 0.5) is 4.39 Å². The molecule has 0 saturated heterocycles. The van der Waals surface area contributed by atoms with Gasteiger partial charge in [-0.3, -0.25) is 0 Å². The monoisotopic (exact) mass is 112 g/mol. The number of halogens is 1. The Morgan fingerprint density at radius 3 is 1.75 bits per heavy atom. The average Bonchev–Trinajstić information content (AvgIpc) is 2.29. The van der Waals surface area contributed by atoms with Crippen molar-refractivity contribution in [3.8, 4) is 0 Å². The first-order valence-electron chi connectivity index (χ1n) is 3.20. The Morgan fingerprint density at radius 1 is 1.12 bits per heavy atom. The lowest BCUT2D eigenvalue weighted by Gasteiger charge is -2.00. The number of alkyl halides is 1. The zero-order chi connectivity index (χ0) is 5.56. The number of rotatable bonds is 0. The van der Waals surface area contributed by atoms with Gasteiger partial charge in [0.05, 0.1) is 0 Å². The Bertz CT molecular complexity index is 114. The van der Waals surface area contributed by atoms with E-state index in [9.17, 15) is 4.39 Å². The molecule has 2 rings (SSSR count). The maximum atomic E-state index is 12.7. The molecule has 3 atom stereocenters. The molecule has 2 bridgehead atoms. The molecule has 0 N–H and O–H groups in total. The van der Waals surface area contributed by atoms with Crippen LogP contribution in [0.2, 0.25) is 0 Å². The highest BCUT2D eigenvalue weighted by Gasteiger charge is 2.37. The summed E-state index contributed by atoms with van der Waals surface area (Å²) in [5.74, 6) is 0.583. The van der Waals surface area contributed by atoms with Crippen molar-refractivity contribution in [2.45, 2.75) is 19.0 Å². The second-order valence-electron chi connectivity index (χ2n) is 2.73. The minimum absolute atomic E-state index is 0.292. The lowest BCUT2D eigenvalue weighted by molar-refractivity contribution is 0.276. The van der Waals surface area contributed by atoms with Crippen molar-refractivity contribution in [1.29, 1.82) is 0 Å². The number of hydrogen-bond donors (Lipinski definition) is 0. The van der Waals surface area contributed by atoms with E-state index in [4.69, 9.17) is 0 Å². The topological polar surface area (TPSA) is 0 Å². The molecule has 1 heteroatoms. The first-order chi connectivity index (χ1) is 3.88. The van der Waals surface area contributed by atoms with E-state index in [0.717, 1.165) is 12.8 Å². The van der Waals surface area contributed by atoms with Crippen LogP contribution in [-0.4, -0.2) is 6.17 Å². The largest absolute Gasteiger partial charge is 0.246 e. The van der Waals surface area contributed by atoms with E-state index in [0.29, 0.717) is 11.8 Å². The summed E-state index contributed by atoms with van der Waals surface area (Å²) in [5, 5.41) is 0. The average molecular weight is 112 g/mol. The first kappa shape index (κ1) is 4.54. The van der Waals surface area contributed by atoms with Crippen molar-refractivity contribution in [2.75, 3.05) is 0 Å². The smallest absolute Gasteiger partial charge is 0.113 e. The molecule has 0 amide bonds. The molecule has 2 aliphatic rings. The second-order valence-corrected chi connectivity index (χ2v) is 2.73. The summed E-state index contributed by atoms with van der Waals surface area (Å²) in [6.07, 6.45) is 5.71. The SMILES string of the molecule is FC1[C@@H]2C=C[C@H]1CC2. The molecular weight excluding hydrogens is 103 g/mol. The standard InChI is InChI=1S/C7H9F/c8-7-5-1-2-6(7)4-3-5/h1-2,5-7H,3-4H2/t5-,6+,7?.